The van der Waals surface area contributed by atoms with Crippen molar-refractivity contribution in [2.75, 3.05) is 5.33 Å². The standard InChI is InChI=1S/C22H37BrO2/c1-13-6-7-20(25)22(5)9-8-16-14(2)10-15(19(24)12-23)18(11-17(13)22)21(16,3)4/h13-18,20,25H,6-12H2,1-5H3/t13-,14-,15?,16+,17-,18+,20?,22+/m1/s1. The summed E-state index contributed by atoms with van der Waals surface area (Å²) in [5.74, 6) is 3.50. The van der Waals surface area contributed by atoms with E-state index in [1.807, 2.05) is 0 Å². The van der Waals surface area contributed by atoms with Gasteiger partial charge in [-0.3, -0.25) is 4.79 Å². The smallest absolute Gasteiger partial charge is 0.146 e. The van der Waals surface area contributed by atoms with Gasteiger partial charge in [-0.05, 0) is 78.9 Å². The van der Waals surface area contributed by atoms with E-state index in [2.05, 4.69) is 50.5 Å². The van der Waals surface area contributed by atoms with E-state index in [4.69, 9.17) is 0 Å². The van der Waals surface area contributed by atoms with E-state index in [-0.39, 0.29) is 22.9 Å². The number of halogens is 1. The van der Waals surface area contributed by atoms with Gasteiger partial charge in [-0.15, -0.1) is 0 Å². The summed E-state index contributed by atoms with van der Waals surface area (Å²) in [6.07, 6.45) is 6.44. The fourth-order valence-corrected chi connectivity index (χ4v) is 7.69. The van der Waals surface area contributed by atoms with E-state index >= 15 is 0 Å². The molecule has 2 unspecified atom stereocenters. The summed E-state index contributed by atoms with van der Waals surface area (Å²) in [6.45, 7) is 11.9. The second-order valence-electron chi connectivity index (χ2n) is 10.4. The second kappa shape index (κ2) is 6.93. The molecule has 0 aromatic heterocycles. The fraction of sp³-hybridized carbons (Fsp3) is 0.955. The summed E-state index contributed by atoms with van der Waals surface area (Å²) in [4.78, 5) is 12.8. The maximum Gasteiger partial charge on any atom is 0.146 e. The number of hydrogen-bond acceptors (Lipinski definition) is 2. The number of fused-ring (bicyclic) bond motifs is 3. The average Bonchev–Trinajstić information content (AvgIpc) is 2.54. The van der Waals surface area contributed by atoms with Gasteiger partial charge in [0.2, 0.25) is 0 Å². The van der Waals surface area contributed by atoms with Crippen LogP contribution in [0.1, 0.15) is 73.1 Å². The first-order valence-corrected chi connectivity index (χ1v) is 11.5. The van der Waals surface area contributed by atoms with Crippen molar-refractivity contribution in [3.8, 4) is 0 Å². The van der Waals surface area contributed by atoms with Crippen LogP contribution in [-0.4, -0.2) is 22.3 Å². The van der Waals surface area contributed by atoms with E-state index in [0.717, 1.165) is 32.1 Å². The number of alkyl halides is 1. The fourth-order valence-electron chi connectivity index (χ4n) is 7.28. The topological polar surface area (TPSA) is 37.3 Å². The molecule has 3 aliphatic rings. The molecular weight excluding hydrogens is 376 g/mol. The van der Waals surface area contributed by atoms with Gasteiger partial charge in [0.25, 0.3) is 0 Å². The zero-order valence-corrected chi connectivity index (χ0v) is 18.3. The van der Waals surface area contributed by atoms with Gasteiger partial charge in [0.15, 0.2) is 0 Å². The Morgan fingerprint density at radius 1 is 1.00 bits per heavy atom. The normalized spacial score (nSPS) is 49.6. The molecule has 1 N–H and O–H groups in total. The largest absolute Gasteiger partial charge is 0.393 e. The van der Waals surface area contributed by atoms with Gasteiger partial charge in [0.05, 0.1) is 11.4 Å². The molecule has 0 radical (unpaired) electrons. The van der Waals surface area contributed by atoms with Gasteiger partial charge in [-0.1, -0.05) is 50.5 Å². The maximum atomic E-state index is 12.8. The molecule has 144 valence electrons. The number of rotatable bonds is 2. The Hall–Kier alpha value is 0.110. The third kappa shape index (κ3) is 3.16. The van der Waals surface area contributed by atoms with E-state index in [0.29, 0.717) is 40.7 Å². The lowest BCUT2D eigenvalue weighted by atomic mass is 9.46. The minimum atomic E-state index is -0.170. The number of Topliss-reactive ketones (excluding diaryl/α,β-unsaturated/α-hetero) is 1. The first-order valence-electron chi connectivity index (χ1n) is 10.4. The van der Waals surface area contributed by atoms with Gasteiger partial charge >= 0.3 is 0 Å². The lowest BCUT2D eigenvalue weighted by molar-refractivity contribution is -0.148. The maximum absolute atomic E-state index is 12.8. The molecule has 3 saturated carbocycles. The summed E-state index contributed by atoms with van der Waals surface area (Å²) >= 11 is 3.44. The van der Waals surface area contributed by atoms with E-state index in [1.54, 1.807) is 0 Å². The number of ketones is 1. The molecule has 3 rings (SSSR count). The molecule has 0 aromatic rings. The van der Waals surface area contributed by atoms with Gasteiger partial charge in [-0.2, -0.15) is 0 Å². The molecule has 0 amide bonds. The van der Waals surface area contributed by atoms with Crippen molar-refractivity contribution in [3.05, 3.63) is 0 Å². The van der Waals surface area contributed by atoms with Crippen molar-refractivity contribution in [2.24, 2.45) is 46.3 Å². The highest BCUT2D eigenvalue weighted by atomic mass is 79.9. The molecule has 0 heterocycles. The van der Waals surface area contributed by atoms with Crippen LogP contribution in [-0.2, 0) is 4.79 Å². The number of carbonyl (C=O) groups is 1. The Morgan fingerprint density at radius 2 is 1.68 bits per heavy atom. The summed E-state index contributed by atoms with van der Waals surface area (Å²) in [7, 11) is 0. The molecule has 2 bridgehead atoms. The highest BCUT2D eigenvalue weighted by molar-refractivity contribution is 9.09. The van der Waals surface area contributed by atoms with Crippen LogP contribution in [0.15, 0.2) is 0 Å². The zero-order chi connectivity index (χ0) is 18.6. The predicted octanol–water partition coefficient (Wildman–Crippen LogP) is 5.46. The van der Waals surface area contributed by atoms with Crippen molar-refractivity contribution in [2.45, 2.75) is 79.2 Å². The molecule has 3 fully saturated rings. The summed E-state index contributed by atoms with van der Waals surface area (Å²) in [5.41, 5.74) is 0.243. The van der Waals surface area contributed by atoms with Crippen molar-refractivity contribution < 1.29 is 9.90 Å². The molecule has 0 aliphatic heterocycles. The number of carbonyl (C=O) groups excluding carboxylic acids is 1. The Labute approximate surface area is 162 Å². The molecule has 8 atom stereocenters. The van der Waals surface area contributed by atoms with Crippen LogP contribution in [0, 0.1) is 46.3 Å². The van der Waals surface area contributed by atoms with Crippen LogP contribution < -0.4 is 0 Å². The van der Waals surface area contributed by atoms with Gasteiger partial charge < -0.3 is 5.11 Å². The minimum Gasteiger partial charge on any atom is -0.393 e. The Balaban J connectivity index is 2.02. The predicted molar refractivity (Wildman–Crippen MR) is 107 cm³/mol. The quantitative estimate of drug-likeness (QED) is 0.610. The lowest BCUT2D eigenvalue weighted by Gasteiger charge is -2.59. The summed E-state index contributed by atoms with van der Waals surface area (Å²) < 4.78 is 0. The van der Waals surface area contributed by atoms with Gasteiger partial charge in [-0.25, -0.2) is 0 Å². The van der Waals surface area contributed by atoms with Crippen LogP contribution in [0.3, 0.4) is 0 Å². The highest BCUT2D eigenvalue weighted by Crippen LogP contribution is 2.61. The summed E-state index contributed by atoms with van der Waals surface area (Å²) in [6, 6.07) is 0. The van der Waals surface area contributed by atoms with Crippen LogP contribution >= 0.6 is 15.9 Å². The van der Waals surface area contributed by atoms with Crippen LogP contribution in [0.2, 0.25) is 0 Å². The second-order valence-corrected chi connectivity index (χ2v) is 11.0. The van der Waals surface area contributed by atoms with E-state index in [9.17, 15) is 9.90 Å². The SMILES string of the molecule is C[C@@H]1CCC(O)[C@@]2(C)CC[C@H]3[C@H](C)CC(C(=O)CBr)[C@H](C[C@H]12)C3(C)C. The van der Waals surface area contributed by atoms with Gasteiger partial charge in [0.1, 0.15) is 5.78 Å². The summed E-state index contributed by atoms with van der Waals surface area (Å²) in [5, 5.41) is 11.4. The Morgan fingerprint density at radius 3 is 2.32 bits per heavy atom. The molecule has 0 aromatic carbocycles. The van der Waals surface area contributed by atoms with Crippen LogP contribution in [0.4, 0.5) is 0 Å². The van der Waals surface area contributed by atoms with Crippen LogP contribution in [0.5, 0.6) is 0 Å². The Bertz CT molecular complexity index is 516. The molecule has 3 aliphatic carbocycles. The highest BCUT2D eigenvalue weighted by Gasteiger charge is 2.56. The minimum absolute atomic E-state index is 0.0315. The van der Waals surface area contributed by atoms with Crippen molar-refractivity contribution in [1.29, 1.82) is 0 Å². The van der Waals surface area contributed by atoms with Crippen molar-refractivity contribution in [3.63, 3.8) is 0 Å². The first kappa shape index (κ1) is 19.9. The molecule has 3 heteroatoms. The van der Waals surface area contributed by atoms with E-state index in [1.165, 1.54) is 6.42 Å². The molecular formula is C22H37BrO2. The number of aliphatic hydroxyl groups excluding tert-OH is 1. The molecule has 2 nitrogen and oxygen atoms in total. The number of hydrogen-bond donors (Lipinski definition) is 1. The third-order valence-electron chi connectivity index (χ3n) is 8.95. The van der Waals surface area contributed by atoms with Crippen molar-refractivity contribution >= 4 is 21.7 Å². The number of aliphatic hydroxyl groups is 1. The average molecular weight is 413 g/mol. The van der Waals surface area contributed by atoms with Crippen LogP contribution in [0.25, 0.3) is 0 Å². The first-order chi connectivity index (χ1) is 11.6. The zero-order valence-electron chi connectivity index (χ0n) is 16.7. The van der Waals surface area contributed by atoms with Gasteiger partial charge in [0, 0.05) is 5.92 Å². The van der Waals surface area contributed by atoms with Crippen molar-refractivity contribution in [1.82, 2.24) is 0 Å². The third-order valence-corrected chi connectivity index (χ3v) is 9.50. The molecule has 25 heavy (non-hydrogen) atoms. The molecule has 0 spiro atoms. The Kier molecular flexibility index (Phi) is 5.50. The lowest BCUT2D eigenvalue weighted by Crippen LogP contribution is -2.55. The molecule has 0 saturated heterocycles. The van der Waals surface area contributed by atoms with E-state index < -0.39 is 0 Å². The monoisotopic (exact) mass is 412 g/mol.